The first-order chi connectivity index (χ1) is 7.15. The van der Waals surface area contributed by atoms with Crippen LogP contribution < -0.4 is 0 Å². The first-order valence-electron chi connectivity index (χ1n) is 6.03. The smallest absolute Gasteiger partial charge is 0.146 e. The van der Waals surface area contributed by atoms with Crippen molar-refractivity contribution < 1.29 is 14.6 Å². The molecule has 1 atom stereocenters. The first kappa shape index (κ1) is 16.1. The molecule has 0 spiro atoms. The summed E-state index contributed by atoms with van der Waals surface area (Å²) in [6.45, 7) is 14.1. The van der Waals surface area contributed by atoms with E-state index >= 15 is 0 Å². The summed E-state index contributed by atoms with van der Waals surface area (Å²) < 4.78 is 10.7. The maximum Gasteiger partial charge on any atom is 0.146 e. The lowest BCUT2D eigenvalue weighted by Gasteiger charge is -2.27. The molecule has 0 rings (SSSR count). The van der Waals surface area contributed by atoms with Gasteiger partial charge in [0.1, 0.15) is 6.79 Å². The molecule has 0 aliphatic heterocycles. The topological polar surface area (TPSA) is 38.7 Å². The van der Waals surface area contributed by atoms with Crippen LogP contribution in [0, 0.1) is 5.92 Å². The van der Waals surface area contributed by atoms with Gasteiger partial charge in [0, 0.05) is 14.7 Å². The van der Waals surface area contributed by atoms with E-state index in [9.17, 15) is 5.11 Å². The van der Waals surface area contributed by atoms with Gasteiger partial charge in [-0.15, -0.1) is 0 Å². The van der Waals surface area contributed by atoms with Gasteiger partial charge < -0.3 is 14.6 Å². The Morgan fingerprint density at radius 2 is 1.75 bits per heavy atom. The normalized spacial score (nSPS) is 16.5. The van der Waals surface area contributed by atoms with Gasteiger partial charge in [0.25, 0.3) is 0 Å². The van der Waals surface area contributed by atoms with Crippen molar-refractivity contribution in [2.75, 3.05) is 20.0 Å². The third-order valence-corrected chi connectivity index (χ3v) is 4.51. The highest BCUT2D eigenvalue weighted by Gasteiger charge is 2.24. The van der Waals surface area contributed by atoms with Crippen LogP contribution in [0.15, 0.2) is 0 Å². The van der Waals surface area contributed by atoms with Gasteiger partial charge in [-0.2, -0.15) is 0 Å². The number of hydrogen-bond acceptors (Lipinski definition) is 3. The van der Waals surface area contributed by atoms with E-state index < -0.39 is 13.7 Å². The highest BCUT2D eigenvalue weighted by molar-refractivity contribution is 6.76. The predicted octanol–water partition coefficient (Wildman–Crippen LogP) is 2.72. The van der Waals surface area contributed by atoms with Gasteiger partial charge in [-0.05, 0) is 18.9 Å². The van der Waals surface area contributed by atoms with Gasteiger partial charge in [0.2, 0.25) is 0 Å². The molecule has 0 saturated carbocycles. The van der Waals surface area contributed by atoms with Crippen LogP contribution in [0.3, 0.4) is 0 Å². The van der Waals surface area contributed by atoms with E-state index in [1.54, 1.807) is 6.92 Å². The Balaban J connectivity index is 3.48. The molecular formula is C12H28O3Si. The maximum atomic E-state index is 9.90. The second kappa shape index (κ2) is 6.74. The van der Waals surface area contributed by atoms with Gasteiger partial charge in [-0.1, -0.05) is 33.5 Å². The monoisotopic (exact) mass is 248 g/mol. The second-order valence-corrected chi connectivity index (χ2v) is 11.8. The molecule has 0 fully saturated rings. The average Bonchev–Trinajstić information content (AvgIpc) is 2.09. The van der Waals surface area contributed by atoms with Crippen molar-refractivity contribution in [3.8, 4) is 0 Å². The molecule has 16 heavy (non-hydrogen) atoms. The Kier molecular flexibility index (Phi) is 6.78. The van der Waals surface area contributed by atoms with E-state index in [1.165, 1.54) is 0 Å². The van der Waals surface area contributed by atoms with Crippen LogP contribution in [0.25, 0.3) is 0 Å². The predicted molar refractivity (Wildman–Crippen MR) is 70.4 cm³/mol. The van der Waals surface area contributed by atoms with E-state index in [2.05, 4.69) is 19.6 Å². The van der Waals surface area contributed by atoms with Crippen LogP contribution in [0.5, 0.6) is 0 Å². The molecular weight excluding hydrogens is 220 g/mol. The fourth-order valence-corrected chi connectivity index (χ4v) is 1.67. The molecule has 0 amide bonds. The summed E-state index contributed by atoms with van der Waals surface area (Å²) >= 11 is 0. The molecule has 0 bridgehead atoms. The van der Waals surface area contributed by atoms with Crippen molar-refractivity contribution in [2.24, 2.45) is 5.92 Å². The summed E-state index contributed by atoms with van der Waals surface area (Å²) in [5.41, 5.74) is -0.762. The summed E-state index contributed by atoms with van der Waals surface area (Å²) in [7, 11) is -1.00. The zero-order valence-electron chi connectivity index (χ0n) is 11.7. The van der Waals surface area contributed by atoms with E-state index in [0.717, 1.165) is 12.7 Å². The number of hydrogen-bond donors (Lipinski definition) is 1. The summed E-state index contributed by atoms with van der Waals surface area (Å²) in [6, 6.07) is 1.15. The molecule has 0 heterocycles. The minimum Gasteiger partial charge on any atom is -0.388 e. The molecule has 98 valence electrons. The fraction of sp³-hybridized carbons (Fsp3) is 1.00. The molecule has 0 aromatic heterocycles. The lowest BCUT2D eigenvalue weighted by Crippen LogP contribution is -2.36. The fourth-order valence-electron chi connectivity index (χ4n) is 0.911. The van der Waals surface area contributed by atoms with Crippen LogP contribution >= 0.6 is 0 Å². The largest absolute Gasteiger partial charge is 0.388 e. The zero-order valence-corrected chi connectivity index (χ0v) is 12.7. The Bertz CT molecular complexity index is 185. The molecule has 0 aromatic rings. The number of rotatable bonds is 8. The highest BCUT2D eigenvalue weighted by atomic mass is 28.3. The molecule has 0 radical (unpaired) electrons. The number of aliphatic hydroxyl groups is 1. The molecule has 0 aliphatic rings. The lowest BCUT2D eigenvalue weighted by atomic mass is 9.94. The standard InChI is InChI=1S/C12H28O3Si/c1-11(2)12(3,13)9-15-10-14-7-8-16(4,5)6/h11,13H,7-10H2,1-6H3. The van der Waals surface area contributed by atoms with E-state index in [4.69, 9.17) is 9.47 Å². The second-order valence-electron chi connectivity index (χ2n) is 6.20. The minimum absolute atomic E-state index is 0.189. The van der Waals surface area contributed by atoms with Crippen molar-refractivity contribution in [3.63, 3.8) is 0 Å². The Morgan fingerprint density at radius 3 is 2.19 bits per heavy atom. The van der Waals surface area contributed by atoms with Crippen LogP contribution in [0.1, 0.15) is 20.8 Å². The molecule has 1 N–H and O–H groups in total. The van der Waals surface area contributed by atoms with Crippen molar-refractivity contribution in [1.29, 1.82) is 0 Å². The molecule has 4 heteroatoms. The van der Waals surface area contributed by atoms with Crippen molar-refractivity contribution in [2.45, 2.75) is 52.1 Å². The quantitative estimate of drug-likeness (QED) is 0.408. The Morgan fingerprint density at radius 1 is 1.19 bits per heavy atom. The van der Waals surface area contributed by atoms with E-state index in [0.29, 0.717) is 6.61 Å². The van der Waals surface area contributed by atoms with Crippen molar-refractivity contribution in [1.82, 2.24) is 0 Å². The third-order valence-electron chi connectivity index (χ3n) is 2.80. The molecule has 3 nitrogen and oxygen atoms in total. The number of ether oxygens (including phenoxy) is 2. The minimum atomic E-state index is -1.00. The lowest BCUT2D eigenvalue weighted by molar-refractivity contribution is -0.119. The molecule has 1 unspecified atom stereocenters. The van der Waals surface area contributed by atoms with Crippen molar-refractivity contribution >= 4 is 8.07 Å². The van der Waals surface area contributed by atoms with Gasteiger partial charge in [0.15, 0.2) is 0 Å². The SMILES string of the molecule is CC(C)C(C)(O)COCOCC[Si](C)(C)C. The summed E-state index contributed by atoms with van der Waals surface area (Å²) in [4.78, 5) is 0. The van der Waals surface area contributed by atoms with Crippen LogP contribution in [-0.2, 0) is 9.47 Å². The summed E-state index contributed by atoms with van der Waals surface area (Å²) in [5, 5.41) is 9.90. The Labute approximate surface area is 101 Å². The van der Waals surface area contributed by atoms with Crippen LogP contribution in [0.2, 0.25) is 25.7 Å². The first-order valence-corrected chi connectivity index (χ1v) is 9.74. The van der Waals surface area contributed by atoms with Gasteiger partial charge in [-0.3, -0.25) is 0 Å². The Hall–Kier alpha value is 0.0969. The molecule has 0 aromatic carbocycles. The van der Waals surface area contributed by atoms with Crippen molar-refractivity contribution in [3.05, 3.63) is 0 Å². The van der Waals surface area contributed by atoms with E-state index in [-0.39, 0.29) is 12.7 Å². The van der Waals surface area contributed by atoms with E-state index in [1.807, 2.05) is 13.8 Å². The zero-order chi connectivity index (χ0) is 12.8. The van der Waals surface area contributed by atoms with Crippen LogP contribution in [0.4, 0.5) is 0 Å². The maximum absolute atomic E-state index is 9.90. The highest BCUT2D eigenvalue weighted by Crippen LogP contribution is 2.16. The average molecular weight is 248 g/mol. The van der Waals surface area contributed by atoms with Gasteiger partial charge >= 0.3 is 0 Å². The summed E-state index contributed by atoms with van der Waals surface area (Å²) in [5.74, 6) is 0.189. The molecule has 0 aliphatic carbocycles. The van der Waals surface area contributed by atoms with Gasteiger partial charge in [-0.25, -0.2) is 0 Å². The summed E-state index contributed by atoms with van der Waals surface area (Å²) in [6.07, 6.45) is 0. The van der Waals surface area contributed by atoms with Gasteiger partial charge in [0.05, 0.1) is 12.2 Å². The van der Waals surface area contributed by atoms with Crippen LogP contribution in [-0.4, -0.2) is 38.8 Å². The third kappa shape index (κ3) is 8.27. The molecule has 0 saturated heterocycles.